The number of nitrogens with zero attached hydrogens (tertiary/aromatic N) is 4. The van der Waals surface area contributed by atoms with Crippen LogP contribution in [0, 0.1) is 5.82 Å². The Morgan fingerprint density at radius 3 is 2.58 bits per heavy atom. The van der Waals surface area contributed by atoms with E-state index < -0.39 is 0 Å². The van der Waals surface area contributed by atoms with Gasteiger partial charge in [-0.05, 0) is 24.3 Å². The van der Waals surface area contributed by atoms with Gasteiger partial charge in [0, 0.05) is 51.6 Å². The van der Waals surface area contributed by atoms with Gasteiger partial charge < -0.3 is 9.72 Å². The smallest absolute Gasteiger partial charge is 0.181 e. The number of fused-ring (bicyclic) bond motifs is 2. The average molecular weight is 436 g/mol. The lowest BCUT2D eigenvalue weighted by molar-refractivity contribution is 0.413. The van der Waals surface area contributed by atoms with Crippen molar-refractivity contribution < 1.29 is 9.13 Å². The Labute approximate surface area is 187 Å². The quantitative estimate of drug-likeness (QED) is 0.387. The van der Waals surface area contributed by atoms with E-state index in [2.05, 4.69) is 30.1 Å². The molecule has 5 heterocycles. The summed E-state index contributed by atoms with van der Waals surface area (Å²) in [5.41, 5.74) is 5.99. The van der Waals surface area contributed by atoms with Crippen molar-refractivity contribution in [3.63, 3.8) is 0 Å². The summed E-state index contributed by atoms with van der Waals surface area (Å²) in [6, 6.07) is 12.6. The number of aromatic nitrogens is 6. The molecule has 6 rings (SSSR count). The summed E-state index contributed by atoms with van der Waals surface area (Å²) < 4.78 is 19.8. The summed E-state index contributed by atoms with van der Waals surface area (Å²) >= 11 is 0. The first-order chi connectivity index (χ1) is 16.2. The van der Waals surface area contributed by atoms with Gasteiger partial charge in [0.25, 0.3) is 0 Å². The minimum absolute atomic E-state index is 0.290. The highest BCUT2D eigenvalue weighted by Gasteiger charge is 2.16. The zero-order valence-corrected chi connectivity index (χ0v) is 17.5. The average Bonchev–Trinajstić information content (AvgIpc) is 3.48. The first-order valence-electron chi connectivity index (χ1n) is 10.3. The molecular weight excluding hydrogens is 419 g/mol. The van der Waals surface area contributed by atoms with Gasteiger partial charge in [-0.25, -0.2) is 9.37 Å². The number of nitrogens with one attached hydrogen (secondary N) is 2. The molecule has 1 aromatic carbocycles. The first kappa shape index (κ1) is 19.1. The van der Waals surface area contributed by atoms with Crippen LogP contribution in [0.15, 0.2) is 73.4 Å². The van der Waals surface area contributed by atoms with Crippen LogP contribution < -0.4 is 4.74 Å². The van der Waals surface area contributed by atoms with Crippen molar-refractivity contribution in [2.45, 2.75) is 0 Å². The zero-order chi connectivity index (χ0) is 22.4. The number of pyridine rings is 3. The van der Waals surface area contributed by atoms with E-state index in [1.165, 1.54) is 6.07 Å². The molecule has 0 amide bonds. The maximum Gasteiger partial charge on any atom is 0.181 e. The highest BCUT2D eigenvalue weighted by Crippen LogP contribution is 2.35. The fraction of sp³-hybridized carbons (Fsp3) is 0.0400. The van der Waals surface area contributed by atoms with E-state index in [9.17, 15) is 4.39 Å². The summed E-state index contributed by atoms with van der Waals surface area (Å²) in [5, 5.41) is 9.16. The predicted octanol–water partition coefficient (Wildman–Crippen LogP) is 5.38. The van der Waals surface area contributed by atoms with Crippen LogP contribution in [0.25, 0.3) is 55.6 Å². The van der Waals surface area contributed by atoms with Crippen molar-refractivity contribution in [1.82, 2.24) is 30.1 Å². The zero-order valence-electron chi connectivity index (χ0n) is 17.5. The molecule has 7 nitrogen and oxygen atoms in total. The lowest BCUT2D eigenvalue weighted by Crippen LogP contribution is -1.87. The molecule has 33 heavy (non-hydrogen) atoms. The van der Waals surface area contributed by atoms with Gasteiger partial charge in [0.1, 0.15) is 11.6 Å². The Balaban J connectivity index is 1.50. The molecule has 0 saturated carbocycles. The molecule has 0 bridgehead atoms. The van der Waals surface area contributed by atoms with Crippen molar-refractivity contribution in [3.05, 3.63) is 79.3 Å². The third-order valence-corrected chi connectivity index (χ3v) is 5.67. The number of hydrogen-bond donors (Lipinski definition) is 2. The van der Waals surface area contributed by atoms with Gasteiger partial charge in [-0.2, -0.15) is 5.10 Å². The monoisotopic (exact) mass is 436 g/mol. The van der Waals surface area contributed by atoms with Crippen LogP contribution in [-0.4, -0.2) is 37.2 Å². The van der Waals surface area contributed by atoms with Crippen molar-refractivity contribution in [2.75, 3.05) is 7.11 Å². The van der Waals surface area contributed by atoms with Crippen LogP contribution in [-0.2, 0) is 0 Å². The Kier molecular flexibility index (Phi) is 4.36. The van der Waals surface area contributed by atoms with Gasteiger partial charge in [0.15, 0.2) is 5.65 Å². The van der Waals surface area contributed by atoms with Crippen molar-refractivity contribution in [2.24, 2.45) is 0 Å². The number of H-pyrrole nitrogens is 2. The van der Waals surface area contributed by atoms with Gasteiger partial charge in [0.05, 0.1) is 36.4 Å². The predicted molar refractivity (Wildman–Crippen MR) is 124 cm³/mol. The highest BCUT2D eigenvalue weighted by molar-refractivity contribution is 6.00. The Morgan fingerprint density at radius 2 is 1.70 bits per heavy atom. The van der Waals surface area contributed by atoms with Gasteiger partial charge in [-0.1, -0.05) is 18.2 Å². The lowest BCUT2D eigenvalue weighted by atomic mass is 10.0. The van der Waals surface area contributed by atoms with Crippen molar-refractivity contribution in [3.8, 4) is 39.4 Å². The number of methoxy groups -OCH3 is 1. The molecule has 6 aromatic rings. The molecule has 5 aromatic heterocycles. The molecule has 0 spiro atoms. The minimum atomic E-state index is -0.290. The topological polar surface area (TPSA) is 92.4 Å². The van der Waals surface area contributed by atoms with E-state index in [1.54, 1.807) is 50.2 Å². The molecule has 0 atom stereocenters. The molecule has 0 aliphatic heterocycles. The SMILES string of the molecule is COc1cncc(-c2cnc3n[nH]c(-c4cc5c(-c6ccccc6F)cncc5[nH]4)c3c2)c1. The van der Waals surface area contributed by atoms with Crippen LogP contribution in [0.5, 0.6) is 5.75 Å². The molecule has 2 N–H and O–H groups in total. The van der Waals surface area contributed by atoms with Crippen LogP contribution in [0.2, 0.25) is 0 Å². The number of aromatic amines is 2. The molecule has 0 radical (unpaired) electrons. The molecule has 0 saturated heterocycles. The van der Waals surface area contributed by atoms with Crippen LogP contribution in [0.1, 0.15) is 0 Å². The van der Waals surface area contributed by atoms with Crippen LogP contribution in [0.3, 0.4) is 0 Å². The van der Waals surface area contributed by atoms with E-state index >= 15 is 0 Å². The molecule has 0 fully saturated rings. The third kappa shape index (κ3) is 3.20. The number of hydrogen-bond acceptors (Lipinski definition) is 5. The first-order valence-corrected chi connectivity index (χ1v) is 10.3. The number of ether oxygens (including phenoxy) is 1. The van der Waals surface area contributed by atoms with Gasteiger partial charge in [-0.3, -0.25) is 15.1 Å². The van der Waals surface area contributed by atoms with Crippen molar-refractivity contribution in [1.29, 1.82) is 0 Å². The van der Waals surface area contributed by atoms with Crippen molar-refractivity contribution >= 4 is 21.9 Å². The Hall–Kier alpha value is -4.59. The van der Waals surface area contributed by atoms with E-state index in [4.69, 9.17) is 4.74 Å². The standard InChI is InChI=1S/C25H17FN6O/c1-33-16-6-14(9-27-11-16)15-7-19-24(31-32-25(19)29-10-15)22-8-18-20(12-28-13-23(18)30-22)17-4-2-3-5-21(17)26/h2-13,30H,1H3,(H,29,31,32). The second-order valence-corrected chi connectivity index (χ2v) is 7.62. The summed E-state index contributed by atoms with van der Waals surface area (Å²) in [6.07, 6.45) is 8.59. The van der Waals surface area contributed by atoms with Crippen LogP contribution in [0.4, 0.5) is 4.39 Å². The maximum atomic E-state index is 14.5. The number of halogens is 1. The molecule has 0 aliphatic carbocycles. The van der Waals surface area contributed by atoms with Gasteiger partial charge >= 0.3 is 0 Å². The molecular formula is C25H17FN6O. The molecule has 0 aliphatic rings. The normalized spacial score (nSPS) is 11.3. The second-order valence-electron chi connectivity index (χ2n) is 7.62. The Morgan fingerprint density at radius 1 is 0.848 bits per heavy atom. The minimum Gasteiger partial charge on any atom is -0.495 e. The third-order valence-electron chi connectivity index (χ3n) is 5.67. The summed E-state index contributed by atoms with van der Waals surface area (Å²) in [5.74, 6) is 0.381. The molecule has 0 unspecified atom stereocenters. The molecule has 8 heteroatoms. The van der Waals surface area contributed by atoms with E-state index in [0.29, 0.717) is 17.0 Å². The lowest BCUT2D eigenvalue weighted by Gasteiger charge is -2.04. The highest BCUT2D eigenvalue weighted by atomic mass is 19.1. The van der Waals surface area contributed by atoms with E-state index in [0.717, 1.165) is 44.4 Å². The fourth-order valence-corrected chi connectivity index (χ4v) is 4.03. The molecule has 160 valence electrons. The Bertz CT molecular complexity index is 1640. The second kappa shape index (κ2) is 7.52. The van der Waals surface area contributed by atoms with Gasteiger partial charge in [0.2, 0.25) is 0 Å². The fourth-order valence-electron chi connectivity index (χ4n) is 4.03. The number of rotatable bonds is 4. The number of benzene rings is 1. The van der Waals surface area contributed by atoms with E-state index in [1.807, 2.05) is 24.3 Å². The summed E-state index contributed by atoms with van der Waals surface area (Å²) in [4.78, 5) is 16.4. The van der Waals surface area contributed by atoms with Crippen LogP contribution >= 0.6 is 0 Å². The summed E-state index contributed by atoms with van der Waals surface area (Å²) in [6.45, 7) is 0. The van der Waals surface area contributed by atoms with Gasteiger partial charge in [-0.15, -0.1) is 0 Å². The van der Waals surface area contributed by atoms with E-state index in [-0.39, 0.29) is 5.82 Å². The summed E-state index contributed by atoms with van der Waals surface area (Å²) in [7, 11) is 1.61. The maximum absolute atomic E-state index is 14.5. The largest absolute Gasteiger partial charge is 0.495 e.